The molecule has 5 nitrogen and oxygen atoms in total. The van der Waals surface area contributed by atoms with Crippen LogP contribution in [0.4, 0.5) is 0 Å². The third-order valence-electron chi connectivity index (χ3n) is 4.25. The number of benzene rings is 1. The van der Waals surface area contributed by atoms with Crippen molar-refractivity contribution in [1.29, 1.82) is 0 Å². The summed E-state index contributed by atoms with van der Waals surface area (Å²) in [6.45, 7) is 0.219. The summed E-state index contributed by atoms with van der Waals surface area (Å²) in [6.07, 6.45) is 5.73. The fourth-order valence-electron chi connectivity index (χ4n) is 3.01. The maximum absolute atomic E-state index is 12.2. The number of oxazole rings is 1. The highest BCUT2D eigenvalue weighted by Crippen LogP contribution is 2.28. The van der Waals surface area contributed by atoms with Gasteiger partial charge in [0.15, 0.2) is 5.76 Å². The highest BCUT2D eigenvalue weighted by Gasteiger charge is 2.15. The van der Waals surface area contributed by atoms with Gasteiger partial charge in [-0.25, -0.2) is 9.67 Å². The Hall–Kier alpha value is -2.40. The molecule has 0 N–H and O–H groups in total. The summed E-state index contributed by atoms with van der Waals surface area (Å²) in [7, 11) is 0. The quantitative estimate of drug-likeness (QED) is 0.731. The summed E-state index contributed by atoms with van der Waals surface area (Å²) in [4.78, 5) is 16.5. The molecule has 0 spiro atoms. The average molecular weight is 342 g/mol. The van der Waals surface area contributed by atoms with Crippen molar-refractivity contribution >= 4 is 11.6 Å². The van der Waals surface area contributed by atoms with E-state index in [1.165, 1.54) is 4.68 Å². The van der Waals surface area contributed by atoms with Crippen molar-refractivity contribution in [3.63, 3.8) is 0 Å². The Morgan fingerprint density at radius 3 is 2.92 bits per heavy atom. The molecule has 1 aliphatic carbocycles. The molecule has 1 aromatic carbocycles. The maximum atomic E-state index is 12.2. The lowest BCUT2D eigenvalue weighted by Crippen LogP contribution is -2.26. The van der Waals surface area contributed by atoms with Gasteiger partial charge < -0.3 is 4.42 Å². The molecular formula is C18H16ClN3O2. The van der Waals surface area contributed by atoms with Crippen LogP contribution in [0.3, 0.4) is 0 Å². The Balaban J connectivity index is 1.63. The fraction of sp³-hybridized carbons (Fsp3) is 0.278. The zero-order valence-electron chi connectivity index (χ0n) is 13.0. The zero-order chi connectivity index (χ0) is 16.5. The minimum Gasteiger partial charge on any atom is -0.439 e. The van der Waals surface area contributed by atoms with E-state index in [1.54, 1.807) is 18.3 Å². The Kier molecular flexibility index (Phi) is 3.94. The van der Waals surface area contributed by atoms with Crippen molar-refractivity contribution in [2.24, 2.45) is 0 Å². The van der Waals surface area contributed by atoms with Gasteiger partial charge in [0.2, 0.25) is 5.89 Å². The predicted molar refractivity (Wildman–Crippen MR) is 91.2 cm³/mol. The molecule has 6 heteroatoms. The summed E-state index contributed by atoms with van der Waals surface area (Å²) >= 11 is 6.18. The van der Waals surface area contributed by atoms with Crippen molar-refractivity contribution in [3.05, 3.63) is 69.1 Å². The van der Waals surface area contributed by atoms with Crippen LogP contribution in [0.5, 0.6) is 0 Å². The molecule has 1 aliphatic rings. The second kappa shape index (κ2) is 6.24. The number of aryl methyl sites for hydroxylation is 2. The molecule has 3 aromatic rings. The molecule has 0 saturated carbocycles. The Labute approximate surface area is 143 Å². The van der Waals surface area contributed by atoms with Crippen molar-refractivity contribution in [2.45, 2.75) is 32.2 Å². The van der Waals surface area contributed by atoms with Gasteiger partial charge in [0.25, 0.3) is 5.56 Å². The summed E-state index contributed by atoms with van der Waals surface area (Å²) in [6, 6.07) is 9.11. The maximum Gasteiger partial charge on any atom is 0.267 e. The summed E-state index contributed by atoms with van der Waals surface area (Å²) in [5.41, 5.74) is 2.75. The van der Waals surface area contributed by atoms with E-state index in [-0.39, 0.29) is 12.1 Å². The van der Waals surface area contributed by atoms with E-state index >= 15 is 0 Å². The zero-order valence-corrected chi connectivity index (χ0v) is 13.8. The number of aromatic nitrogens is 3. The summed E-state index contributed by atoms with van der Waals surface area (Å²) < 4.78 is 7.18. The third-order valence-corrected chi connectivity index (χ3v) is 4.58. The smallest absolute Gasteiger partial charge is 0.267 e. The molecule has 0 atom stereocenters. The molecule has 0 bridgehead atoms. The molecule has 0 fully saturated rings. The molecule has 2 heterocycles. The van der Waals surface area contributed by atoms with E-state index in [4.69, 9.17) is 16.0 Å². The normalized spacial score (nSPS) is 13.7. The van der Waals surface area contributed by atoms with Gasteiger partial charge in [-0.3, -0.25) is 4.79 Å². The number of fused-ring (bicyclic) bond motifs is 1. The largest absolute Gasteiger partial charge is 0.439 e. The van der Waals surface area contributed by atoms with Crippen LogP contribution < -0.4 is 5.56 Å². The molecule has 122 valence electrons. The predicted octanol–water partition coefficient (Wildman–Crippen LogP) is 3.48. The number of hydrogen-bond donors (Lipinski definition) is 0. The molecule has 0 aliphatic heterocycles. The molecule has 0 saturated heterocycles. The van der Waals surface area contributed by atoms with Gasteiger partial charge in [-0.05, 0) is 43.4 Å². The Morgan fingerprint density at radius 1 is 1.21 bits per heavy atom. The first-order valence-corrected chi connectivity index (χ1v) is 8.38. The van der Waals surface area contributed by atoms with Crippen LogP contribution >= 0.6 is 11.6 Å². The fourth-order valence-corrected chi connectivity index (χ4v) is 3.24. The van der Waals surface area contributed by atoms with Crippen LogP contribution in [0.1, 0.15) is 30.0 Å². The van der Waals surface area contributed by atoms with Crippen molar-refractivity contribution in [3.8, 4) is 11.3 Å². The lowest BCUT2D eigenvalue weighted by atomic mass is 9.97. The topological polar surface area (TPSA) is 60.9 Å². The van der Waals surface area contributed by atoms with E-state index in [2.05, 4.69) is 10.1 Å². The first-order chi connectivity index (χ1) is 11.7. The van der Waals surface area contributed by atoms with Gasteiger partial charge in [0.1, 0.15) is 6.54 Å². The van der Waals surface area contributed by atoms with Crippen LogP contribution in [0, 0.1) is 0 Å². The Bertz CT molecular complexity index is 945. The first kappa shape index (κ1) is 15.1. The lowest BCUT2D eigenvalue weighted by molar-refractivity contribution is 0.458. The number of halogens is 1. The Morgan fingerprint density at radius 2 is 2.04 bits per heavy atom. The SMILES string of the molecule is O=c1cc2c(nn1Cc1ncc(-c3ccccc3Cl)o1)CCCC2. The van der Waals surface area contributed by atoms with E-state index in [0.29, 0.717) is 16.7 Å². The van der Waals surface area contributed by atoms with Crippen LogP contribution in [-0.4, -0.2) is 14.8 Å². The minimum absolute atomic E-state index is 0.117. The molecule has 0 radical (unpaired) electrons. The summed E-state index contributed by atoms with van der Waals surface area (Å²) in [5.74, 6) is 1.02. The second-order valence-electron chi connectivity index (χ2n) is 5.92. The van der Waals surface area contributed by atoms with Crippen LogP contribution in [0.2, 0.25) is 5.02 Å². The molecule has 24 heavy (non-hydrogen) atoms. The lowest BCUT2D eigenvalue weighted by Gasteiger charge is -2.15. The van der Waals surface area contributed by atoms with E-state index in [0.717, 1.165) is 42.5 Å². The number of hydrogen-bond acceptors (Lipinski definition) is 4. The number of rotatable bonds is 3. The summed E-state index contributed by atoms with van der Waals surface area (Å²) in [5, 5.41) is 5.09. The van der Waals surface area contributed by atoms with Crippen molar-refractivity contribution < 1.29 is 4.42 Å². The molecule has 4 rings (SSSR count). The molecule has 0 unspecified atom stereocenters. The molecule has 0 amide bonds. The van der Waals surface area contributed by atoms with Gasteiger partial charge in [0.05, 0.1) is 16.9 Å². The number of nitrogens with zero attached hydrogens (tertiary/aromatic N) is 3. The standard InChI is InChI=1S/C18H16ClN3O2/c19-14-7-3-2-6-13(14)16-10-20-17(24-16)11-22-18(23)9-12-5-1-4-8-15(12)21-22/h2-3,6-7,9-10H,1,4-5,8,11H2. The van der Waals surface area contributed by atoms with Crippen LogP contribution in [0.15, 0.2) is 45.7 Å². The van der Waals surface area contributed by atoms with Crippen molar-refractivity contribution in [1.82, 2.24) is 14.8 Å². The van der Waals surface area contributed by atoms with E-state index in [9.17, 15) is 4.79 Å². The molecular weight excluding hydrogens is 326 g/mol. The van der Waals surface area contributed by atoms with E-state index < -0.39 is 0 Å². The van der Waals surface area contributed by atoms with Gasteiger partial charge in [-0.2, -0.15) is 5.10 Å². The highest BCUT2D eigenvalue weighted by molar-refractivity contribution is 6.33. The van der Waals surface area contributed by atoms with Crippen LogP contribution in [-0.2, 0) is 19.4 Å². The molecule has 2 aromatic heterocycles. The second-order valence-corrected chi connectivity index (χ2v) is 6.32. The van der Waals surface area contributed by atoms with Crippen LogP contribution in [0.25, 0.3) is 11.3 Å². The first-order valence-electron chi connectivity index (χ1n) is 8.00. The van der Waals surface area contributed by atoms with Gasteiger partial charge in [-0.15, -0.1) is 0 Å². The average Bonchev–Trinajstić information content (AvgIpc) is 3.04. The van der Waals surface area contributed by atoms with Gasteiger partial charge >= 0.3 is 0 Å². The monoisotopic (exact) mass is 341 g/mol. The van der Waals surface area contributed by atoms with Crippen molar-refractivity contribution in [2.75, 3.05) is 0 Å². The highest BCUT2D eigenvalue weighted by atomic mass is 35.5. The third kappa shape index (κ3) is 2.87. The van der Waals surface area contributed by atoms with Gasteiger partial charge in [-0.1, -0.05) is 23.7 Å². The minimum atomic E-state index is -0.117. The van der Waals surface area contributed by atoms with Gasteiger partial charge in [0, 0.05) is 11.6 Å². The van der Waals surface area contributed by atoms with E-state index in [1.807, 2.05) is 18.2 Å².